The average molecular weight is 362 g/mol. The smallest absolute Gasteiger partial charge is 0.261 e. The van der Waals surface area contributed by atoms with Gasteiger partial charge in [-0.3, -0.25) is 0 Å². The highest BCUT2D eigenvalue weighted by Crippen LogP contribution is 2.28. The molecule has 0 aliphatic heterocycles. The lowest BCUT2D eigenvalue weighted by Crippen LogP contribution is -1.87. The maximum Gasteiger partial charge on any atom is 0.261 e. The van der Waals surface area contributed by atoms with E-state index in [4.69, 9.17) is 9.78 Å². The van der Waals surface area contributed by atoms with E-state index in [0.29, 0.717) is 5.82 Å². The lowest BCUT2D eigenvalue weighted by atomic mass is 10.1. The first kappa shape index (κ1) is 16.1. The van der Waals surface area contributed by atoms with Crippen LogP contribution >= 0.6 is 11.3 Å². The summed E-state index contributed by atoms with van der Waals surface area (Å²) in [5.41, 5.74) is 2.97. The standard InChI is InChI=1S/C19H11FN4OS/c1-11-22-17(10-26-11)13-3-2-4-14(8-13)18-23-19(25-24-18)15-6-5-12(9-21)7-16(15)20/h2-8,10H,1H3. The summed E-state index contributed by atoms with van der Waals surface area (Å²) in [5.74, 6) is -0.152. The van der Waals surface area contributed by atoms with Crippen molar-refractivity contribution in [2.75, 3.05) is 0 Å². The molecule has 126 valence electrons. The van der Waals surface area contributed by atoms with E-state index in [2.05, 4.69) is 15.1 Å². The van der Waals surface area contributed by atoms with Crippen molar-refractivity contribution in [1.82, 2.24) is 15.1 Å². The maximum absolute atomic E-state index is 14.1. The molecule has 0 fully saturated rings. The number of rotatable bonds is 3. The highest BCUT2D eigenvalue weighted by Gasteiger charge is 2.15. The molecule has 4 rings (SSSR count). The molecule has 0 atom stereocenters. The van der Waals surface area contributed by atoms with E-state index in [9.17, 15) is 4.39 Å². The van der Waals surface area contributed by atoms with Crippen molar-refractivity contribution in [1.29, 1.82) is 5.26 Å². The van der Waals surface area contributed by atoms with E-state index in [1.54, 1.807) is 11.3 Å². The summed E-state index contributed by atoms with van der Waals surface area (Å²) in [4.78, 5) is 8.76. The molecule has 7 heteroatoms. The van der Waals surface area contributed by atoms with Gasteiger partial charge in [-0.1, -0.05) is 23.4 Å². The summed E-state index contributed by atoms with van der Waals surface area (Å²) >= 11 is 1.58. The van der Waals surface area contributed by atoms with Crippen LogP contribution in [0, 0.1) is 24.1 Å². The molecule has 4 aromatic rings. The molecule has 0 aliphatic carbocycles. The molecule has 0 N–H and O–H groups in total. The van der Waals surface area contributed by atoms with Gasteiger partial charge in [0.05, 0.1) is 27.9 Å². The van der Waals surface area contributed by atoms with Gasteiger partial charge in [0.1, 0.15) is 5.82 Å². The first-order valence-corrected chi connectivity index (χ1v) is 8.58. The summed E-state index contributed by atoms with van der Waals surface area (Å²) in [6.45, 7) is 1.95. The van der Waals surface area contributed by atoms with Crippen LogP contribution in [0.2, 0.25) is 0 Å². The Kier molecular flexibility index (Phi) is 4.03. The fourth-order valence-electron chi connectivity index (χ4n) is 2.52. The molecule has 5 nitrogen and oxygen atoms in total. The van der Waals surface area contributed by atoms with Gasteiger partial charge in [0, 0.05) is 16.5 Å². The summed E-state index contributed by atoms with van der Waals surface area (Å²) in [6.07, 6.45) is 0. The van der Waals surface area contributed by atoms with E-state index < -0.39 is 5.82 Å². The monoisotopic (exact) mass is 362 g/mol. The normalized spacial score (nSPS) is 10.7. The van der Waals surface area contributed by atoms with Crippen molar-refractivity contribution >= 4 is 11.3 Å². The molecule has 2 aromatic carbocycles. The number of thiazole rings is 1. The van der Waals surface area contributed by atoms with Crippen molar-refractivity contribution in [3.05, 3.63) is 64.2 Å². The van der Waals surface area contributed by atoms with E-state index in [-0.39, 0.29) is 17.0 Å². The topological polar surface area (TPSA) is 75.6 Å². The molecule has 0 amide bonds. The molecule has 0 bridgehead atoms. The Hall–Kier alpha value is -3.37. The summed E-state index contributed by atoms with van der Waals surface area (Å²) in [7, 11) is 0. The van der Waals surface area contributed by atoms with E-state index in [1.807, 2.05) is 42.6 Å². The molecular weight excluding hydrogens is 351 g/mol. The molecule has 0 spiro atoms. The lowest BCUT2D eigenvalue weighted by molar-refractivity contribution is 0.429. The van der Waals surface area contributed by atoms with Gasteiger partial charge in [-0.15, -0.1) is 11.3 Å². The number of benzene rings is 2. The Bertz CT molecular complexity index is 1140. The van der Waals surface area contributed by atoms with Crippen LogP contribution in [0.3, 0.4) is 0 Å². The molecule has 0 aliphatic rings. The van der Waals surface area contributed by atoms with Gasteiger partial charge in [0.25, 0.3) is 5.89 Å². The number of aryl methyl sites for hydroxylation is 1. The number of aromatic nitrogens is 3. The van der Waals surface area contributed by atoms with Gasteiger partial charge in [-0.25, -0.2) is 9.37 Å². The first-order chi connectivity index (χ1) is 12.6. The van der Waals surface area contributed by atoms with Gasteiger partial charge in [-0.05, 0) is 31.2 Å². The summed E-state index contributed by atoms with van der Waals surface area (Å²) in [6, 6.07) is 13.6. The van der Waals surface area contributed by atoms with Crippen LogP contribution in [-0.2, 0) is 0 Å². The summed E-state index contributed by atoms with van der Waals surface area (Å²) in [5, 5.41) is 15.8. The van der Waals surface area contributed by atoms with Crippen LogP contribution in [0.25, 0.3) is 34.1 Å². The van der Waals surface area contributed by atoms with Gasteiger partial charge >= 0.3 is 0 Å². The fraction of sp³-hybridized carbons (Fsp3) is 0.0526. The molecule has 0 unspecified atom stereocenters. The van der Waals surface area contributed by atoms with Crippen LogP contribution in [0.5, 0.6) is 0 Å². The van der Waals surface area contributed by atoms with Crippen molar-refractivity contribution < 1.29 is 8.91 Å². The second-order valence-corrected chi connectivity index (χ2v) is 6.62. The second-order valence-electron chi connectivity index (χ2n) is 5.56. The maximum atomic E-state index is 14.1. The molecule has 0 saturated carbocycles. The van der Waals surface area contributed by atoms with Crippen LogP contribution in [0.15, 0.2) is 52.4 Å². The lowest BCUT2D eigenvalue weighted by Gasteiger charge is -1.99. The van der Waals surface area contributed by atoms with E-state index in [0.717, 1.165) is 27.9 Å². The van der Waals surface area contributed by atoms with Gasteiger partial charge < -0.3 is 4.52 Å². The second kappa shape index (κ2) is 6.50. The predicted octanol–water partition coefficient (Wildman–Crippen LogP) is 4.85. The first-order valence-electron chi connectivity index (χ1n) is 7.71. The number of halogens is 1. The van der Waals surface area contributed by atoms with Gasteiger partial charge in [-0.2, -0.15) is 10.2 Å². The summed E-state index contributed by atoms with van der Waals surface area (Å²) < 4.78 is 19.3. The Morgan fingerprint density at radius 3 is 2.69 bits per heavy atom. The predicted molar refractivity (Wildman–Crippen MR) is 95.7 cm³/mol. The van der Waals surface area contributed by atoms with Crippen molar-refractivity contribution in [2.45, 2.75) is 6.92 Å². The largest absolute Gasteiger partial charge is 0.334 e. The van der Waals surface area contributed by atoms with Crippen LogP contribution in [0.4, 0.5) is 4.39 Å². The molecule has 26 heavy (non-hydrogen) atoms. The van der Waals surface area contributed by atoms with Crippen LogP contribution in [0.1, 0.15) is 10.6 Å². The highest BCUT2D eigenvalue weighted by molar-refractivity contribution is 7.09. The van der Waals surface area contributed by atoms with Gasteiger partial charge in [0.15, 0.2) is 0 Å². The van der Waals surface area contributed by atoms with E-state index >= 15 is 0 Å². The van der Waals surface area contributed by atoms with Crippen molar-refractivity contribution in [3.63, 3.8) is 0 Å². The van der Waals surface area contributed by atoms with Gasteiger partial charge in [0.2, 0.25) is 5.82 Å². The Morgan fingerprint density at radius 2 is 1.96 bits per heavy atom. The Labute approximate surface area is 152 Å². The number of hydrogen-bond donors (Lipinski definition) is 0. The minimum atomic E-state index is -0.578. The van der Waals surface area contributed by atoms with Crippen molar-refractivity contribution in [3.8, 4) is 40.2 Å². The molecule has 2 aromatic heterocycles. The molecule has 0 saturated heterocycles. The fourth-order valence-corrected chi connectivity index (χ4v) is 3.14. The number of nitrogens with zero attached hydrogens (tertiary/aromatic N) is 4. The third-order valence-corrected chi connectivity index (χ3v) is 4.56. The quantitative estimate of drug-likeness (QED) is 0.521. The zero-order chi connectivity index (χ0) is 18.1. The minimum absolute atomic E-state index is 0.0666. The number of nitriles is 1. The Balaban J connectivity index is 1.70. The third-order valence-electron chi connectivity index (χ3n) is 3.79. The zero-order valence-corrected chi connectivity index (χ0v) is 14.4. The average Bonchev–Trinajstić information content (AvgIpc) is 3.31. The number of hydrogen-bond acceptors (Lipinski definition) is 6. The van der Waals surface area contributed by atoms with E-state index in [1.165, 1.54) is 12.1 Å². The highest BCUT2D eigenvalue weighted by atomic mass is 32.1. The minimum Gasteiger partial charge on any atom is -0.334 e. The molecule has 2 heterocycles. The van der Waals surface area contributed by atoms with Crippen LogP contribution < -0.4 is 0 Å². The molecular formula is C19H11FN4OS. The molecule has 0 radical (unpaired) electrons. The van der Waals surface area contributed by atoms with Crippen molar-refractivity contribution in [2.24, 2.45) is 0 Å². The zero-order valence-electron chi connectivity index (χ0n) is 13.6. The third kappa shape index (κ3) is 2.98. The Morgan fingerprint density at radius 1 is 1.12 bits per heavy atom. The SMILES string of the molecule is Cc1nc(-c2cccc(-c3noc(-c4ccc(C#N)cc4F)n3)c2)cs1. The van der Waals surface area contributed by atoms with Crippen LogP contribution in [-0.4, -0.2) is 15.1 Å².